The lowest BCUT2D eigenvalue weighted by Gasteiger charge is -2.42. The molecule has 12 heterocycles. The van der Waals surface area contributed by atoms with Crippen molar-refractivity contribution >= 4 is 115 Å². The molecule has 488 valence electrons. The molecule has 2 spiro atoms. The fraction of sp³-hybridized carbons (Fsp3) is 0.508. The summed E-state index contributed by atoms with van der Waals surface area (Å²) in [7, 11) is 5.31. The van der Waals surface area contributed by atoms with Crippen LogP contribution in [0.4, 0.5) is 29.5 Å². The number of fused-ring (bicyclic) bond motifs is 3. The van der Waals surface area contributed by atoms with E-state index in [2.05, 4.69) is 53.5 Å². The summed E-state index contributed by atoms with van der Waals surface area (Å²) in [5, 5.41) is 2.86. The molecule has 0 amide bonds. The summed E-state index contributed by atoms with van der Waals surface area (Å²) < 4.78 is 10.7. The zero-order valence-electron chi connectivity index (χ0n) is 52.4. The SMILES string of the molecule is C[C@@H]1OCC2(CCN(c3nc4c(c(=O)n3C)C(Sc3ccnc(N)c3Cl)=NC4)CC2)[C@@H]1N.C[C@H]1C[C@@H](N)C2(CCN(c3nc4c(c(=O)n3C)C(c3ccnc(N)c3Cl)=NC4)CC2)C1.Cn1c(N2CCC(C)(CN)CC2)nc2c(c1=O)C(Sc1cccc(Cl)c1Cl)=NC2. The minimum atomic E-state index is -0.117. The molecule has 14 rings (SSSR count). The summed E-state index contributed by atoms with van der Waals surface area (Å²) in [6.07, 6.45) is 11.5. The van der Waals surface area contributed by atoms with Crippen molar-refractivity contribution in [2.24, 2.45) is 75.5 Å². The first-order chi connectivity index (χ1) is 43.9. The van der Waals surface area contributed by atoms with E-state index in [1.807, 2.05) is 19.1 Å². The first-order valence-corrected chi connectivity index (χ1v) is 34.2. The van der Waals surface area contributed by atoms with E-state index in [1.165, 1.54) is 29.9 Å². The number of nitrogens with two attached hydrogens (primary N) is 5. The molecule has 4 saturated heterocycles. The monoisotopic (exact) mass is 1370 g/mol. The Balaban J connectivity index is 0.000000133. The van der Waals surface area contributed by atoms with Gasteiger partial charge in [0.1, 0.15) is 21.7 Å². The second-order valence-corrected chi connectivity index (χ2v) is 29.5. The van der Waals surface area contributed by atoms with Crippen molar-refractivity contribution in [2.45, 2.75) is 120 Å². The maximum Gasteiger partial charge on any atom is 0.265 e. The van der Waals surface area contributed by atoms with Gasteiger partial charge in [-0.3, -0.25) is 43.1 Å². The Bertz CT molecular complexity index is 4170. The normalized spacial score (nSPS) is 22.3. The summed E-state index contributed by atoms with van der Waals surface area (Å²) in [5.41, 5.74) is 35.5. The lowest BCUT2D eigenvalue weighted by Crippen LogP contribution is -2.51. The van der Waals surface area contributed by atoms with Crippen LogP contribution in [0.1, 0.15) is 111 Å². The Hall–Kier alpha value is -6.13. The molecule has 1 aromatic carbocycles. The zero-order chi connectivity index (χ0) is 65.3. The Morgan fingerprint density at radius 2 is 1.08 bits per heavy atom. The third-order valence-electron chi connectivity index (χ3n) is 20.1. The molecule has 6 aromatic rings. The number of nitrogens with zero attached hydrogens (tertiary/aromatic N) is 14. The van der Waals surface area contributed by atoms with Crippen LogP contribution in [0.25, 0.3) is 0 Å². The van der Waals surface area contributed by atoms with Gasteiger partial charge in [-0.05, 0) is 106 Å². The van der Waals surface area contributed by atoms with E-state index >= 15 is 0 Å². The van der Waals surface area contributed by atoms with Crippen molar-refractivity contribution in [1.82, 2.24) is 38.6 Å². The number of anilines is 5. The quantitative estimate of drug-likeness (QED) is 0.103. The molecular formula is C63H77Cl4N19O4S2. The highest BCUT2D eigenvalue weighted by atomic mass is 35.5. The number of hydrogen-bond donors (Lipinski definition) is 5. The van der Waals surface area contributed by atoms with Crippen LogP contribution in [0, 0.1) is 22.2 Å². The van der Waals surface area contributed by atoms with Gasteiger partial charge in [0.05, 0.1) is 91.9 Å². The van der Waals surface area contributed by atoms with Gasteiger partial charge in [-0.2, -0.15) is 0 Å². The van der Waals surface area contributed by atoms with Gasteiger partial charge in [0.15, 0.2) is 0 Å². The van der Waals surface area contributed by atoms with Crippen LogP contribution < -0.4 is 60.0 Å². The van der Waals surface area contributed by atoms with Crippen LogP contribution in [0.2, 0.25) is 20.1 Å². The molecule has 8 aliphatic rings. The van der Waals surface area contributed by atoms with E-state index in [9.17, 15) is 14.4 Å². The van der Waals surface area contributed by atoms with Crippen LogP contribution in [0.15, 0.2) is 81.9 Å². The van der Waals surface area contributed by atoms with E-state index in [0.29, 0.717) is 131 Å². The van der Waals surface area contributed by atoms with E-state index in [4.69, 9.17) is 94.8 Å². The Morgan fingerprint density at radius 1 is 0.609 bits per heavy atom. The average molecular weight is 1370 g/mol. The number of aromatic nitrogens is 8. The minimum absolute atomic E-state index is 0.0179. The third kappa shape index (κ3) is 12.2. The van der Waals surface area contributed by atoms with Crippen molar-refractivity contribution < 1.29 is 4.74 Å². The summed E-state index contributed by atoms with van der Waals surface area (Å²) in [6, 6.07) is 9.25. The number of nitrogen functional groups attached to an aromatic ring is 2. The third-order valence-corrected chi connectivity index (χ3v) is 24.1. The molecule has 1 saturated carbocycles. The van der Waals surface area contributed by atoms with E-state index in [1.54, 1.807) is 65.4 Å². The Kier molecular flexibility index (Phi) is 18.8. The fourth-order valence-corrected chi connectivity index (χ4v) is 17.0. The molecule has 29 heteroatoms. The maximum absolute atomic E-state index is 13.4. The standard InChI is InChI=1S/C22H28ClN7O.C21H26ClN7O2S.C20H23Cl2N5OS/c1-12-9-15(24)22(10-12)4-7-30(8-5-22)21-28-14-11-27-18(16(14)20(31)29(21)2)13-3-6-26-19(25)17(13)23;1-11-16(23)21(10-31-11)4-7-29(8-5-21)20-27-12-9-26-18(14(12)19(30)28(20)2)32-13-3-6-25-17(24)15(13)22;1-20(11-23)6-8-27(9-7-20)19-25-13-10-24-17(15(13)18(28)26(19)2)29-14-5-3-4-12(21)16(14)22/h3,6,12,15H,4-5,7-11,24H2,1-2H3,(H2,25,26);3,6,11,16H,4-5,7-10,23H2,1-2H3,(H2,24,25);3-5H,6-11,23H2,1-2H3/t12-,15+;11-,16+;/m00./s1. The molecule has 1 aliphatic carbocycles. The topological polar surface area (TPSA) is 317 Å². The van der Waals surface area contributed by atoms with Gasteiger partial charge in [0, 0.05) is 106 Å². The highest BCUT2D eigenvalue weighted by Gasteiger charge is 2.49. The molecule has 10 N–H and O–H groups in total. The number of halogens is 4. The highest BCUT2D eigenvalue weighted by Crippen LogP contribution is 2.49. The van der Waals surface area contributed by atoms with Crippen LogP contribution in [-0.4, -0.2) is 125 Å². The van der Waals surface area contributed by atoms with Crippen molar-refractivity contribution in [3.05, 3.63) is 133 Å². The number of rotatable bonds is 7. The van der Waals surface area contributed by atoms with E-state index in [0.717, 1.165) is 94.8 Å². The van der Waals surface area contributed by atoms with Crippen molar-refractivity contribution in [1.29, 1.82) is 0 Å². The van der Waals surface area contributed by atoms with Gasteiger partial charge in [0.25, 0.3) is 16.7 Å². The van der Waals surface area contributed by atoms with Gasteiger partial charge in [0.2, 0.25) is 17.8 Å². The smallest absolute Gasteiger partial charge is 0.265 e. The predicted molar refractivity (Wildman–Crippen MR) is 370 cm³/mol. The molecule has 92 heavy (non-hydrogen) atoms. The van der Waals surface area contributed by atoms with Crippen molar-refractivity contribution in [2.75, 3.05) is 78.6 Å². The molecule has 7 aliphatic heterocycles. The molecule has 4 atom stereocenters. The second-order valence-electron chi connectivity index (χ2n) is 25.9. The maximum atomic E-state index is 13.4. The summed E-state index contributed by atoms with van der Waals surface area (Å²) in [6.45, 7) is 14.0. The molecule has 5 fully saturated rings. The van der Waals surface area contributed by atoms with Crippen LogP contribution in [0.5, 0.6) is 0 Å². The molecular weight excluding hydrogens is 1290 g/mol. The lowest BCUT2D eigenvalue weighted by molar-refractivity contribution is 0.0973. The zero-order valence-corrected chi connectivity index (χ0v) is 57.1. The number of benzene rings is 1. The van der Waals surface area contributed by atoms with E-state index < -0.39 is 0 Å². The lowest BCUT2D eigenvalue weighted by atomic mass is 9.73. The van der Waals surface area contributed by atoms with Gasteiger partial charge in [-0.1, -0.05) is 89.8 Å². The molecule has 0 radical (unpaired) electrons. The number of hydrogen-bond acceptors (Lipinski definition) is 22. The molecule has 0 unspecified atom stereocenters. The van der Waals surface area contributed by atoms with Crippen molar-refractivity contribution in [3.8, 4) is 0 Å². The first-order valence-electron chi connectivity index (χ1n) is 31.1. The Morgan fingerprint density at radius 3 is 1.58 bits per heavy atom. The predicted octanol–water partition coefficient (Wildman–Crippen LogP) is 7.61. The fourth-order valence-electron chi connectivity index (χ4n) is 14.2. The molecule has 0 bridgehead atoms. The second kappa shape index (κ2) is 26.2. The molecule has 5 aromatic heterocycles. The van der Waals surface area contributed by atoms with Crippen LogP contribution in [-0.2, 0) is 45.5 Å². The number of thioether (sulfide) groups is 2. The summed E-state index contributed by atoms with van der Waals surface area (Å²) >= 11 is 27.7. The first kappa shape index (κ1) is 65.9. The number of aliphatic imine (C=N–C) groups is 3. The van der Waals surface area contributed by atoms with Gasteiger partial charge >= 0.3 is 0 Å². The number of piperidine rings is 3. The number of pyridine rings is 2. The largest absolute Gasteiger partial charge is 0.382 e. The minimum Gasteiger partial charge on any atom is -0.382 e. The summed E-state index contributed by atoms with van der Waals surface area (Å²) in [4.78, 5) is 84.1. The number of ether oxygens (including phenoxy) is 1. The van der Waals surface area contributed by atoms with Gasteiger partial charge < -0.3 is 48.1 Å². The highest BCUT2D eigenvalue weighted by molar-refractivity contribution is 8.14. The van der Waals surface area contributed by atoms with E-state index in [-0.39, 0.29) is 62.7 Å². The Labute approximate surface area is 562 Å². The van der Waals surface area contributed by atoms with Gasteiger partial charge in [-0.25, -0.2) is 24.9 Å². The van der Waals surface area contributed by atoms with Gasteiger partial charge in [-0.15, -0.1) is 0 Å². The summed E-state index contributed by atoms with van der Waals surface area (Å²) in [5.74, 6) is 3.25. The van der Waals surface area contributed by atoms with Crippen LogP contribution in [0.3, 0.4) is 0 Å². The average Bonchev–Trinajstić information content (AvgIpc) is 1.53. The van der Waals surface area contributed by atoms with Crippen LogP contribution >= 0.6 is 69.9 Å². The molecule has 23 nitrogen and oxygen atoms in total. The van der Waals surface area contributed by atoms with Crippen molar-refractivity contribution in [3.63, 3.8) is 0 Å².